The average molecular weight is 270 g/mol. The second-order valence-corrected chi connectivity index (χ2v) is 5.66. The Morgan fingerprint density at radius 2 is 1.89 bits per heavy atom. The zero-order valence-electron chi connectivity index (χ0n) is 12.0. The fourth-order valence-electron chi connectivity index (χ4n) is 3.25. The molecule has 4 heteroatoms. The number of methoxy groups -OCH3 is 1. The van der Waals surface area contributed by atoms with Gasteiger partial charge in [0.05, 0.1) is 24.7 Å². The van der Waals surface area contributed by atoms with E-state index in [1.54, 1.807) is 7.11 Å². The van der Waals surface area contributed by atoms with E-state index in [9.17, 15) is 4.79 Å². The normalized spacial score (nSPS) is 25.5. The molecule has 0 aromatic carbocycles. The van der Waals surface area contributed by atoms with E-state index in [2.05, 4.69) is 0 Å². The number of Topliss-reactive ketones (excluding diaryl/α,β-unsaturated/α-hetero) is 1. The van der Waals surface area contributed by atoms with Gasteiger partial charge < -0.3 is 14.2 Å². The second kappa shape index (κ2) is 7.36. The highest BCUT2D eigenvalue weighted by atomic mass is 16.5. The van der Waals surface area contributed by atoms with Crippen molar-refractivity contribution in [1.82, 2.24) is 0 Å². The number of ether oxygens (including phenoxy) is 3. The predicted molar refractivity (Wildman–Crippen MR) is 72.2 cm³/mol. The van der Waals surface area contributed by atoms with E-state index >= 15 is 0 Å². The smallest absolute Gasteiger partial charge is 0.144 e. The summed E-state index contributed by atoms with van der Waals surface area (Å²) in [5.74, 6) is 0.438. The second-order valence-electron chi connectivity index (χ2n) is 5.66. The van der Waals surface area contributed by atoms with Crippen molar-refractivity contribution in [2.45, 2.75) is 51.0 Å². The Morgan fingerprint density at radius 3 is 2.58 bits per heavy atom. The Balaban J connectivity index is 1.60. The van der Waals surface area contributed by atoms with Gasteiger partial charge in [-0.05, 0) is 19.3 Å². The summed E-state index contributed by atoms with van der Waals surface area (Å²) in [6, 6.07) is 0. The zero-order valence-corrected chi connectivity index (χ0v) is 12.0. The van der Waals surface area contributed by atoms with Gasteiger partial charge in [0.1, 0.15) is 5.78 Å². The third-order valence-electron chi connectivity index (χ3n) is 4.47. The quantitative estimate of drug-likeness (QED) is 0.635. The summed E-state index contributed by atoms with van der Waals surface area (Å²) in [6.07, 6.45) is 7.43. The number of hydrogen-bond donors (Lipinski definition) is 0. The van der Waals surface area contributed by atoms with Crippen molar-refractivity contribution < 1.29 is 19.0 Å². The third-order valence-corrected chi connectivity index (χ3v) is 4.47. The van der Waals surface area contributed by atoms with Gasteiger partial charge in [-0.1, -0.05) is 19.3 Å². The lowest BCUT2D eigenvalue weighted by molar-refractivity contribution is -0.169. The van der Waals surface area contributed by atoms with Crippen molar-refractivity contribution in [3.63, 3.8) is 0 Å². The van der Waals surface area contributed by atoms with E-state index in [0.717, 1.165) is 19.3 Å². The fraction of sp³-hybridized carbons (Fsp3) is 0.933. The van der Waals surface area contributed by atoms with Crippen LogP contribution in [0.2, 0.25) is 0 Å². The van der Waals surface area contributed by atoms with E-state index < -0.39 is 0 Å². The topological polar surface area (TPSA) is 44.8 Å². The van der Waals surface area contributed by atoms with Crippen LogP contribution < -0.4 is 0 Å². The molecule has 2 aliphatic rings. The first kappa shape index (κ1) is 14.9. The fourth-order valence-corrected chi connectivity index (χ4v) is 3.25. The standard InChI is InChI=1S/C15H26O4/c1-17-10-11-18-8-5-9-19-14-12-13(16)15(14)6-3-2-4-7-15/h14H,2-12H2,1H3. The van der Waals surface area contributed by atoms with Gasteiger partial charge in [0, 0.05) is 26.7 Å². The van der Waals surface area contributed by atoms with Crippen molar-refractivity contribution in [2.75, 3.05) is 33.5 Å². The summed E-state index contributed by atoms with van der Waals surface area (Å²) in [5, 5.41) is 0. The summed E-state index contributed by atoms with van der Waals surface area (Å²) in [7, 11) is 1.67. The summed E-state index contributed by atoms with van der Waals surface area (Å²) < 4.78 is 16.2. The van der Waals surface area contributed by atoms with Gasteiger partial charge in [0.2, 0.25) is 0 Å². The van der Waals surface area contributed by atoms with Crippen molar-refractivity contribution in [1.29, 1.82) is 0 Å². The molecule has 0 saturated heterocycles. The predicted octanol–water partition coefficient (Wildman–Crippen LogP) is 2.35. The molecule has 2 aliphatic carbocycles. The number of rotatable bonds is 8. The molecule has 0 N–H and O–H groups in total. The van der Waals surface area contributed by atoms with Gasteiger partial charge >= 0.3 is 0 Å². The lowest BCUT2D eigenvalue weighted by atomic mass is 9.57. The SMILES string of the molecule is COCCOCCCOC1CC(=O)C12CCCCC2. The summed E-state index contributed by atoms with van der Waals surface area (Å²) in [5.41, 5.74) is -0.102. The average Bonchev–Trinajstić information content (AvgIpc) is 2.46. The minimum absolute atomic E-state index is 0.102. The molecule has 2 rings (SSSR count). The van der Waals surface area contributed by atoms with Gasteiger partial charge in [-0.3, -0.25) is 4.79 Å². The van der Waals surface area contributed by atoms with Crippen LogP contribution in [0.1, 0.15) is 44.9 Å². The van der Waals surface area contributed by atoms with Crippen molar-refractivity contribution in [3.05, 3.63) is 0 Å². The first-order valence-electron chi connectivity index (χ1n) is 7.51. The highest BCUT2D eigenvalue weighted by Gasteiger charge is 2.55. The molecule has 110 valence electrons. The maximum Gasteiger partial charge on any atom is 0.144 e. The molecule has 1 atom stereocenters. The lowest BCUT2D eigenvalue weighted by Crippen LogP contribution is -2.56. The molecular weight excluding hydrogens is 244 g/mol. The minimum Gasteiger partial charge on any atom is -0.382 e. The number of carbonyl (C=O) groups excluding carboxylic acids is 1. The number of carbonyl (C=O) groups is 1. The maximum atomic E-state index is 11.9. The summed E-state index contributed by atoms with van der Waals surface area (Å²) in [4.78, 5) is 11.9. The van der Waals surface area contributed by atoms with Gasteiger partial charge in [0.25, 0.3) is 0 Å². The van der Waals surface area contributed by atoms with Crippen LogP contribution in [0.5, 0.6) is 0 Å². The maximum absolute atomic E-state index is 11.9. The zero-order chi connectivity index (χ0) is 13.6. The van der Waals surface area contributed by atoms with Crippen molar-refractivity contribution in [2.24, 2.45) is 5.41 Å². The molecular formula is C15H26O4. The van der Waals surface area contributed by atoms with Crippen LogP contribution in [0.3, 0.4) is 0 Å². The monoisotopic (exact) mass is 270 g/mol. The molecule has 1 unspecified atom stereocenters. The molecule has 0 bridgehead atoms. The Bertz CT molecular complexity index is 284. The first-order chi connectivity index (χ1) is 9.29. The lowest BCUT2D eigenvalue weighted by Gasteiger charge is -2.49. The van der Waals surface area contributed by atoms with Crippen molar-refractivity contribution in [3.8, 4) is 0 Å². The Hall–Kier alpha value is -0.450. The Kier molecular flexibility index (Phi) is 5.79. The largest absolute Gasteiger partial charge is 0.382 e. The van der Waals surface area contributed by atoms with E-state index in [4.69, 9.17) is 14.2 Å². The Labute approximate surface area is 115 Å². The Morgan fingerprint density at radius 1 is 1.11 bits per heavy atom. The van der Waals surface area contributed by atoms with Gasteiger partial charge in [-0.2, -0.15) is 0 Å². The summed E-state index contributed by atoms with van der Waals surface area (Å²) in [6.45, 7) is 2.69. The molecule has 0 aromatic rings. The van der Waals surface area contributed by atoms with E-state index in [-0.39, 0.29) is 11.5 Å². The van der Waals surface area contributed by atoms with Crippen LogP contribution >= 0.6 is 0 Å². The van der Waals surface area contributed by atoms with Crippen LogP contribution in [0.25, 0.3) is 0 Å². The molecule has 0 heterocycles. The van der Waals surface area contributed by atoms with E-state index in [1.807, 2.05) is 0 Å². The first-order valence-corrected chi connectivity index (χ1v) is 7.51. The van der Waals surface area contributed by atoms with Crippen molar-refractivity contribution >= 4 is 5.78 Å². The molecule has 2 fully saturated rings. The molecule has 0 aromatic heterocycles. The molecule has 1 spiro atoms. The highest BCUT2D eigenvalue weighted by Crippen LogP contribution is 2.50. The highest BCUT2D eigenvalue weighted by molar-refractivity contribution is 5.92. The molecule has 19 heavy (non-hydrogen) atoms. The molecule has 0 amide bonds. The van der Waals surface area contributed by atoms with E-state index in [1.165, 1.54) is 19.3 Å². The van der Waals surface area contributed by atoms with Gasteiger partial charge in [-0.15, -0.1) is 0 Å². The molecule has 4 nitrogen and oxygen atoms in total. The minimum atomic E-state index is -0.102. The molecule has 0 aliphatic heterocycles. The molecule has 2 saturated carbocycles. The number of ketones is 1. The van der Waals surface area contributed by atoms with Crippen LogP contribution in [0, 0.1) is 5.41 Å². The summed E-state index contributed by atoms with van der Waals surface area (Å²) >= 11 is 0. The van der Waals surface area contributed by atoms with E-state index in [0.29, 0.717) is 38.6 Å². The van der Waals surface area contributed by atoms with Gasteiger partial charge in [-0.25, -0.2) is 0 Å². The van der Waals surface area contributed by atoms with Crippen LogP contribution in [0.4, 0.5) is 0 Å². The molecule has 0 radical (unpaired) electrons. The van der Waals surface area contributed by atoms with Crippen LogP contribution in [-0.2, 0) is 19.0 Å². The third kappa shape index (κ3) is 3.56. The van der Waals surface area contributed by atoms with Crippen LogP contribution in [0.15, 0.2) is 0 Å². The van der Waals surface area contributed by atoms with Crippen LogP contribution in [-0.4, -0.2) is 45.4 Å². The number of hydrogen-bond acceptors (Lipinski definition) is 4. The van der Waals surface area contributed by atoms with Gasteiger partial charge in [0.15, 0.2) is 0 Å².